The highest BCUT2D eigenvalue weighted by Gasteiger charge is 2.09. The first-order valence-electron chi connectivity index (χ1n) is 4.44. The number of hydrogen-bond donors (Lipinski definition) is 1. The molecule has 0 aliphatic heterocycles. The van der Waals surface area contributed by atoms with E-state index in [-0.39, 0.29) is 17.4 Å². The summed E-state index contributed by atoms with van der Waals surface area (Å²) in [6.45, 7) is 0.204. The van der Waals surface area contributed by atoms with Crippen LogP contribution in [0.1, 0.15) is 4.88 Å². The quantitative estimate of drug-likeness (QED) is 0.920. The van der Waals surface area contributed by atoms with Crippen LogP contribution in [0.3, 0.4) is 0 Å². The molecule has 1 aromatic heterocycles. The minimum Gasteiger partial charge on any atom is -0.483 e. The van der Waals surface area contributed by atoms with Gasteiger partial charge in [-0.25, -0.2) is 9.37 Å². The van der Waals surface area contributed by atoms with Gasteiger partial charge in [0.15, 0.2) is 16.7 Å². The number of nitrogen functional groups attached to an aromatic ring is 1. The Hall–Kier alpha value is -1.33. The summed E-state index contributed by atoms with van der Waals surface area (Å²) >= 11 is 7.09. The molecule has 2 N–H and O–H groups in total. The smallest absolute Gasteiger partial charge is 0.180 e. The van der Waals surface area contributed by atoms with Crippen LogP contribution in [0.25, 0.3) is 0 Å². The first kappa shape index (κ1) is 11.2. The number of hydrogen-bond acceptors (Lipinski definition) is 4. The van der Waals surface area contributed by atoms with Crippen molar-refractivity contribution < 1.29 is 9.13 Å². The summed E-state index contributed by atoms with van der Waals surface area (Å²) in [6.07, 6.45) is 1.59. The minimum absolute atomic E-state index is 0.0520. The van der Waals surface area contributed by atoms with Gasteiger partial charge < -0.3 is 10.5 Å². The van der Waals surface area contributed by atoms with Gasteiger partial charge in [0.1, 0.15) is 6.61 Å². The summed E-state index contributed by atoms with van der Waals surface area (Å²) in [6, 6.07) is 4.39. The molecule has 84 valence electrons. The van der Waals surface area contributed by atoms with E-state index in [0.29, 0.717) is 5.13 Å². The van der Waals surface area contributed by atoms with Crippen molar-refractivity contribution in [3.63, 3.8) is 0 Å². The van der Waals surface area contributed by atoms with E-state index in [0.717, 1.165) is 4.88 Å². The molecule has 0 atom stereocenters. The van der Waals surface area contributed by atoms with Crippen LogP contribution in [0.15, 0.2) is 24.4 Å². The maximum Gasteiger partial charge on any atom is 0.180 e. The number of nitrogens with two attached hydrogens (primary N) is 1. The zero-order valence-corrected chi connectivity index (χ0v) is 9.69. The second-order valence-electron chi connectivity index (χ2n) is 3.00. The molecule has 0 amide bonds. The van der Waals surface area contributed by atoms with Gasteiger partial charge in [-0.3, -0.25) is 0 Å². The van der Waals surface area contributed by atoms with Gasteiger partial charge in [-0.15, -0.1) is 0 Å². The van der Waals surface area contributed by atoms with Crippen LogP contribution in [-0.2, 0) is 6.61 Å². The standard InChI is InChI=1S/C10H8ClFN2OS/c11-7-2-1-3-8(12)9(7)15-5-6-4-14-10(13)16-6/h1-4H,5H2,(H2,13,14). The number of thiazole rings is 1. The molecule has 0 fully saturated rings. The van der Waals surface area contributed by atoms with Crippen molar-refractivity contribution in [1.29, 1.82) is 0 Å². The fourth-order valence-electron chi connectivity index (χ4n) is 1.15. The fourth-order valence-corrected chi connectivity index (χ4v) is 1.97. The Morgan fingerprint density at radius 3 is 2.94 bits per heavy atom. The Bertz CT molecular complexity index is 483. The molecule has 0 bridgehead atoms. The van der Waals surface area contributed by atoms with Crippen LogP contribution < -0.4 is 10.5 Å². The summed E-state index contributed by atoms with van der Waals surface area (Å²) in [4.78, 5) is 4.68. The number of benzene rings is 1. The molecule has 0 unspecified atom stereocenters. The van der Waals surface area contributed by atoms with Gasteiger partial charge in [0.05, 0.1) is 9.90 Å². The second kappa shape index (κ2) is 4.67. The molecule has 2 aromatic rings. The number of ether oxygens (including phenoxy) is 1. The third-order valence-corrected chi connectivity index (χ3v) is 2.95. The zero-order chi connectivity index (χ0) is 11.5. The number of halogens is 2. The van der Waals surface area contributed by atoms with Crippen molar-refractivity contribution in [1.82, 2.24) is 4.98 Å². The van der Waals surface area contributed by atoms with Crippen molar-refractivity contribution in [2.45, 2.75) is 6.61 Å². The summed E-state index contributed by atoms with van der Waals surface area (Å²) < 4.78 is 18.6. The molecule has 2 rings (SSSR count). The zero-order valence-electron chi connectivity index (χ0n) is 8.11. The van der Waals surface area contributed by atoms with Crippen molar-refractivity contribution in [3.8, 4) is 5.75 Å². The second-order valence-corrected chi connectivity index (χ2v) is 4.56. The van der Waals surface area contributed by atoms with Crippen LogP contribution in [0.2, 0.25) is 5.02 Å². The minimum atomic E-state index is -0.481. The normalized spacial score (nSPS) is 10.4. The lowest BCUT2D eigenvalue weighted by Crippen LogP contribution is -1.96. The third kappa shape index (κ3) is 2.43. The van der Waals surface area contributed by atoms with Crippen LogP contribution in [0.4, 0.5) is 9.52 Å². The van der Waals surface area contributed by atoms with E-state index in [9.17, 15) is 4.39 Å². The lowest BCUT2D eigenvalue weighted by atomic mass is 10.3. The first-order valence-corrected chi connectivity index (χ1v) is 5.63. The molecule has 16 heavy (non-hydrogen) atoms. The predicted octanol–water partition coefficient (Wildman–Crippen LogP) is 3.10. The van der Waals surface area contributed by atoms with Gasteiger partial charge >= 0.3 is 0 Å². The summed E-state index contributed by atoms with van der Waals surface area (Å²) in [7, 11) is 0. The van der Waals surface area contributed by atoms with Gasteiger partial charge in [-0.1, -0.05) is 29.0 Å². The Balaban J connectivity index is 2.10. The van der Waals surface area contributed by atoms with E-state index in [4.69, 9.17) is 22.1 Å². The molecule has 0 spiro atoms. The first-order chi connectivity index (χ1) is 7.66. The van der Waals surface area contributed by atoms with Gasteiger partial charge in [-0.2, -0.15) is 0 Å². The lowest BCUT2D eigenvalue weighted by molar-refractivity contribution is 0.293. The monoisotopic (exact) mass is 258 g/mol. The van der Waals surface area contributed by atoms with Crippen molar-refractivity contribution in [2.24, 2.45) is 0 Å². The van der Waals surface area contributed by atoms with E-state index < -0.39 is 5.82 Å². The van der Waals surface area contributed by atoms with Gasteiger partial charge in [0.2, 0.25) is 0 Å². The summed E-state index contributed by atoms with van der Waals surface area (Å²) in [5.41, 5.74) is 5.46. The maximum atomic E-state index is 13.3. The topological polar surface area (TPSA) is 48.1 Å². The van der Waals surface area contributed by atoms with E-state index in [1.54, 1.807) is 12.3 Å². The number of nitrogens with zero attached hydrogens (tertiary/aromatic N) is 1. The van der Waals surface area contributed by atoms with Crippen molar-refractivity contribution >= 4 is 28.1 Å². The SMILES string of the molecule is Nc1ncc(COc2c(F)cccc2Cl)s1. The summed E-state index contributed by atoms with van der Waals surface area (Å²) in [5, 5.41) is 0.704. The average Bonchev–Trinajstić information content (AvgIpc) is 2.63. The number of para-hydroxylation sites is 1. The van der Waals surface area contributed by atoms with Gasteiger partial charge in [0, 0.05) is 6.20 Å². The molecule has 6 heteroatoms. The Labute approximate surface area is 101 Å². The number of rotatable bonds is 3. The van der Waals surface area contributed by atoms with Crippen molar-refractivity contribution in [3.05, 3.63) is 40.1 Å². The van der Waals surface area contributed by atoms with E-state index in [2.05, 4.69) is 4.98 Å². The molecular weight excluding hydrogens is 251 g/mol. The molecular formula is C10H8ClFN2OS. The molecule has 1 aromatic carbocycles. The molecule has 3 nitrogen and oxygen atoms in total. The van der Waals surface area contributed by atoms with Crippen LogP contribution in [0.5, 0.6) is 5.75 Å². The Morgan fingerprint density at radius 1 is 1.50 bits per heavy atom. The van der Waals surface area contributed by atoms with Gasteiger partial charge in [-0.05, 0) is 12.1 Å². The lowest BCUT2D eigenvalue weighted by Gasteiger charge is -2.06. The Kier molecular flexibility index (Phi) is 3.26. The van der Waals surface area contributed by atoms with Gasteiger partial charge in [0.25, 0.3) is 0 Å². The summed E-state index contributed by atoms with van der Waals surface area (Å²) in [5.74, 6) is -0.430. The molecule has 0 aliphatic rings. The highest BCUT2D eigenvalue weighted by Crippen LogP contribution is 2.28. The number of anilines is 1. The third-order valence-electron chi connectivity index (χ3n) is 1.85. The largest absolute Gasteiger partial charge is 0.483 e. The molecule has 0 aliphatic carbocycles. The van der Waals surface area contributed by atoms with Crippen LogP contribution >= 0.6 is 22.9 Å². The fraction of sp³-hybridized carbons (Fsp3) is 0.100. The highest BCUT2D eigenvalue weighted by atomic mass is 35.5. The van der Waals surface area contributed by atoms with E-state index >= 15 is 0 Å². The molecule has 0 radical (unpaired) electrons. The van der Waals surface area contributed by atoms with Crippen LogP contribution in [0, 0.1) is 5.82 Å². The van der Waals surface area contributed by atoms with Crippen LogP contribution in [-0.4, -0.2) is 4.98 Å². The molecule has 1 heterocycles. The predicted molar refractivity (Wildman–Crippen MR) is 62.3 cm³/mol. The van der Waals surface area contributed by atoms with Crippen molar-refractivity contribution in [2.75, 3.05) is 5.73 Å². The Morgan fingerprint density at radius 2 is 2.31 bits per heavy atom. The van der Waals surface area contributed by atoms with E-state index in [1.165, 1.54) is 23.5 Å². The number of aromatic nitrogens is 1. The molecule has 0 saturated carbocycles. The van der Waals surface area contributed by atoms with E-state index in [1.807, 2.05) is 0 Å². The highest BCUT2D eigenvalue weighted by molar-refractivity contribution is 7.15. The average molecular weight is 259 g/mol. The molecule has 0 saturated heterocycles. The maximum absolute atomic E-state index is 13.3.